The maximum atomic E-state index is 12.8. The first kappa shape index (κ1) is 19.5. The molecule has 3 unspecified atom stereocenters. The fourth-order valence-corrected chi connectivity index (χ4v) is 3.01. The molecule has 1 saturated heterocycles. The van der Waals surface area contributed by atoms with Crippen LogP contribution < -0.4 is 11.3 Å². The molecular formula is C15H23ClN6O3. The number of fused-ring (bicyclic) bond motifs is 1. The van der Waals surface area contributed by atoms with Crippen molar-refractivity contribution in [2.75, 3.05) is 19.3 Å². The van der Waals surface area contributed by atoms with E-state index in [-0.39, 0.29) is 46.8 Å². The monoisotopic (exact) mass is 370 g/mol. The zero-order valence-corrected chi connectivity index (χ0v) is 15.0. The van der Waals surface area contributed by atoms with Gasteiger partial charge in [0.1, 0.15) is 6.10 Å². The molecule has 138 valence electrons. The number of aliphatic hydroxyl groups is 2. The topological polar surface area (TPSA) is 130 Å². The molecule has 2 aromatic heterocycles. The minimum Gasteiger partial charge on any atom is -0.390 e. The smallest absolute Gasteiger partial charge is 0.283 e. The number of nitrogens with two attached hydrogens (primary N) is 1. The molecule has 0 aliphatic carbocycles. The fourth-order valence-electron chi connectivity index (χ4n) is 3.01. The maximum absolute atomic E-state index is 12.8. The summed E-state index contributed by atoms with van der Waals surface area (Å²) in [6, 6.07) is 0.225. The van der Waals surface area contributed by atoms with E-state index in [1.807, 2.05) is 7.05 Å². The summed E-state index contributed by atoms with van der Waals surface area (Å²) in [4.78, 5) is 27.3. The average Bonchev–Trinajstić information content (AvgIpc) is 2.95. The maximum Gasteiger partial charge on any atom is 0.283 e. The highest BCUT2D eigenvalue weighted by atomic mass is 35.5. The van der Waals surface area contributed by atoms with Crippen LogP contribution in [0.1, 0.15) is 31.6 Å². The van der Waals surface area contributed by atoms with E-state index in [0.717, 1.165) is 19.4 Å². The van der Waals surface area contributed by atoms with Crippen LogP contribution in [-0.2, 0) is 6.54 Å². The Morgan fingerprint density at radius 2 is 2.12 bits per heavy atom. The van der Waals surface area contributed by atoms with E-state index < -0.39 is 12.2 Å². The van der Waals surface area contributed by atoms with Crippen LogP contribution >= 0.6 is 12.4 Å². The second-order valence-electron chi connectivity index (χ2n) is 6.31. The molecule has 0 aromatic carbocycles. The first-order chi connectivity index (χ1) is 11.4. The molecule has 3 heterocycles. The lowest BCUT2D eigenvalue weighted by Gasteiger charge is -2.21. The number of hydrogen-bond donors (Lipinski definition) is 3. The first-order valence-electron chi connectivity index (χ1n) is 7.98. The Hall–Kier alpha value is -1.81. The van der Waals surface area contributed by atoms with Gasteiger partial charge in [0.15, 0.2) is 11.2 Å². The van der Waals surface area contributed by atoms with Crippen molar-refractivity contribution in [1.82, 2.24) is 24.4 Å². The van der Waals surface area contributed by atoms with Crippen molar-refractivity contribution in [2.24, 2.45) is 0 Å². The Morgan fingerprint density at radius 3 is 2.72 bits per heavy atom. The van der Waals surface area contributed by atoms with Gasteiger partial charge in [0, 0.05) is 12.6 Å². The van der Waals surface area contributed by atoms with Crippen LogP contribution in [0.4, 0.5) is 5.95 Å². The normalized spacial score (nSPS) is 20.4. The number of nitrogen functional groups attached to an aromatic ring is 1. The van der Waals surface area contributed by atoms with Crippen LogP contribution in [0.2, 0.25) is 0 Å². The van der Waals surface area contributed by atoms with Gasteiger partial charge in [-0.25, -0.2) is 9.97 Å². The van der Waals surface area contributed by atoms with Crippen molar-refractivity contribution >= 4 is 29.5 Å². The summed E-state index contributed by atoms with van der Waals surface area (Å²) < 4.78 is 1.40. The van der Waals surface area contributed by atoms with Crippen molar-refractivity contribution in [3.8, 4) is 0 Å². The Balaban J connectivity index is 0.00000225. The summed E-state index contributed by atoms with van der Waals surface area (Å²) in [6.45, 7) is 2.87. The molecule has 4 N–H and O–H groups in total. The third-order valence-corrected chi connectivity index (χ3v) is 4.54. The highest BCUT2D eigenvalue weighted by Gasteiger charge is 2.24. The molecule has 0 radical (unpaired) electrons. The van der Waals surface area contributed by atoms with Gasteiger partial charge in [0.2, 0.25) is 5.95 Å². The van der Waals surface area contributed by atoms with Gasteiger partial charge in [0.25, 0.3) is 5.56 Å². The molecule has 1 fully saturated rings. The van der Waals surface area contributed by atoms with Gasteiger partial charge in [-0.1, -0.05) is 0 Å². The van der Waals surface area contributed by atoms with Gasteiger partial charge in [-0.3, -0.25) is 9.36 Å². The summed E-state index contributed by atoms with van der Waals surface area (Å²) in [5.41, 5.74) is 5.86. The number of likely N-dealkylation sites (N-methyl/N-ethyl adjacent to an activating group) is 1. The van der Waals surface area contributed by atoms with Crippen LogP contribution in [0.25, 0.3) is 11.2 Å². The predicted molar refractivity (Wildman–Crippen MR) is 95.5 cm³/mol. The Morgan fingerprint density at radius 1 is 1.40 bits per heavy atom. The molecule has 0 amide bonds. The summed E-state index contributed by atoms with van der Waals surface area (Å²) in [5.74, 6) is 0.103. The number of hydrogen-bond acceptors (Lipinski definition) is 8. The molecule has 2 aromatic rings. The molecule has 10 heteroatoms. The minimum absolute atomic E-state index is 0. The van der Waals surface area contributed by atoms with Gasteiger partial charge in [0.05, 0.1) is 18.0 Å². The van der Waals surface area contributed by atoms with E-state index in [2.05, 4.69) is 19.9 Å². The van der Waals surface area contributed by atoms with Crippen molar-refractivity contribution in [2.45, 2.75) is 44.6 Å². The molecule has 1 aliphatic heterocycles. The number of likely N-dealkylation sites (tertiary alicyclic amines) is 1. The first-order valence-corrected chi connectivity index (χ1v) is 7.98. The lowest BCUT2D eigenvalue weighted by Crippen LogP contribution is -2.35. The zero-order valence-electron chi connectivity index (χ0n) is 14.2. The molecule has 0 spiro atoms. The van der Waals surface area contributed by atoms with E-state index in [9.17, 15) is 15.0 Å². The number of halogens is 1. The number of aliphatic hydroxyl groups excluding tert-OH is 2. The third-order valence-electron chi connectivity index (χ3n) is 4.54. The largest absolute Gasteiger partial charge is 0.390 e. The van der Waals surface area contributed by atoms with E-state index in [4.69, 9.17) is 5.73 Å². The molecule has 9 nitrogen and oxygen atoms in total. The van der Waals surface area contributed by atoms with Crippen LogP contribution in [0, 0.1) is 0 Å². The molecule has 3 atom stereocenters. The summed E-state index contributed by atoms with van der Waals surface area (Å²) in [6.07, 6.45) is 1.13. The van der Waals surface area contributed by atoms with Gasteiger partial charge in [-0.15, -0.1) is 12.4 Å². The lowest BCUT2D eigenvalue weighted by molar-refractivity contribution is 0.0278. The van der Waals surface area contributed by atoms with Gasteiger partial charge < -0.3 is 20.8 Å². The van der Waals surface area contributed by atoms with E-state index in [1.165, 1.54) is 17.7 Å². The second kappa shape index (κ2) is 7.61. The highest BCUT2D eigenvalue weighted by Crippen LogP contribution is 2.18. The molecule has 1 aliphatic rings. The van der Waals surface area contributed by atoms with Gasteiger partial charge in [-0.05, 0) is 33.4 Å². The van der Waals surface area contributed by atoms with E-state index in [0.29, 0.717) is 6.54 Å². The molecule has 3 rings (SSSR count). The standard InChI is InChI=1S/C15H22N6O3.ClH/c1-8(22)12(23)10-6-17-13-11(18-10)14(24)21(15(16)19-13)7-9-4-3-5-20(9)2;/h6,8-9,12,22-23H,3-5,7H2,1-2H3,(H2,16,17,19);1H. The van der Waals surface area contributed by atoms with E-state index >= 15 is 0 Å². The Kier molecular flexibility index (Phi) is 5.94. The van der Waals surface area contributed by atoms with Crippen molar-refractivity contribution in [3.63, 3.8) is 0 Å². The zero-order chi connectivity index (χ0) is 17.4. The van der Waals surface area contributed by atoms with Gasteiger partial charge in [-0.2, -0.15) is 4.98 Å². The summed E-state index contributed by atoms with van der Waals surface area (Å²) in [5, 5.41) is 19.4. The van der Waals surface area contributed by atoms with Crippen LogP contribution in [-0.4, -0.2) is 60.4 Å². The van der Waals surface area contributed by atoms with Crippen molar-refractivity contribution < 1.29 is 10.2 Å². The SMILES string of the molecule is CC(O)C(O)c1cnc2nc(N)n(CC3CCCN3C)c(=O)c2n1.Cl. The minimum atomic E-state index is -1.21. The Bertz CT molecular complexity index is 812. The van der Waals surface area contributed by atoms with Crippen LogP contribution in [0.3, 0.4) is 0 Å². The Labute approximate surface area is 150 Å². The third kappa shape index (κ3) is 3.74. The van der Waals surface area contributed by atoms with Gasteiger partial charge >= 0.3 is 0 Å². The van der Waals surface area contributed by atoms with Crippen molar-refractivity contribution in [3.05, 3.63) is 22.2 Å². The number of nitrogens with zero attached hydrogens (tertiary/aromatic N) is 5. The molecule has 25 heavy (non-hydrogen) atoms. The molecule has 0 saturated carbocycles. The second-order valence-corrected chi connectivity index (χ2v) is 6.31. The average molecular weight is 371 g/mol. The van der Waals surface area contributed by atoms with Crippen LogP contribution in [0.15, 0.2) is 11.0 Å². The number of rotatable bonds is 4. The number of anilines is 1. The lowest BCUT2D eigenvalue weighted by atomic mass is 10.2. The van der Waals surface area contributed by atoms with E-state index in [1.54, 1.807) is 0 Å². The summed E-state index contributed by atoms with van der Waals surface area (Å²) in [7, 11) is 2.02. The van der Waals surface area contributed by atoms with Crippen LogP contribution in [0.5, 0.6) is 0 Å². The number of aromatic nitrogens is 4. The highest BCUT2D eigenvalue weighted by molar-refractivity contribution is 5.85. The fraction of sp³-hybridized carbons (Fsp3) is 0.600. The predicted octanol–water partition coefficient (Wildman–Crippen LogP) is -0.301. The summed E-state index contributed by atoms with van der Waals surface area (Å²) >= 11 is 0. The quantitative estimate of drug-likeness (QED) is 0.668. The van der Waals surface area contributed by atoms with Crippen molar-refractivity contribution in [1.29, 1.82) is 0 Å². The molecule has 0 bridgehead atoms. The molecular weight excluding hydrogens is 348 g/mol.